The third-order valence-electron chi connectivity index (χ3n) is 2.44. The summed E-state index contributed by atoms with van der Waals surface area (Å²) in [4.78, 5) is 21.3. The highest BCUT2D eigenvalue weighted by Crippen LogP contribution is 2.24. The van der Waals surface area contributed by atoms with Crippen molar-refractivity contribution in [2.24, 2.45) is 0 Å². The average Bonchev–Trinajstić information content (AvgIpc) is 2.33. The second kappa shape index (κ2) is 6.78. The third-order valence-corrected chi connectivity index (χ3v) is 3.36. The number of benzene rings is 1. The molecule has 8 heteroatoms. The highest BCUT2D eigenvalue weighted by Gasteiger charge is 2.24. The summed E-state index contributed by atoms with van der Waals surface area (Å²) >= 11 is 0.748. The van der Waals surface area contributed by atoms with Crippen molar-refractivity contribution in [2.45, 2.75) is 19.1 Å². The molecule has 2 atom stereocenters. The highest BCUT2D eigenvalue weighted by atomic mass is 32.2. The maximum absolute atomic E-state index is 13.4. The van der Waals surface area contributed by atoms with E-state index in [0.29, 0.717) is 12.1 Å². The number of carboxylic acid groups (broad SMARTS) is 1. The first-order valence-corrected chi connectivity index (χ1v) is 6.44. The van der Waals surface area contributed by atoms with E-state index in [1.807, 2.05) is 0 Å². The van der Waals surface area contributed by atoms with Gasteiger partial charge in [-0.1, -0.05) is 11.8 Å². The maximum atomic E-state index is 13.4. The molecule has 3 N–H and O–H groups in total. The lowest BCUT2D eigenvalue weighted by molar-refractivity contribution is -0.109. The number of hydrogen-bond donors (Lipinski definition) is 3. The Morgan fingerprint density at radius 2 is 1.75 bits per heavy atom. The van der Waals surface area contributed by atoms with Crippen LogP contribution in [0.5, 0.6) is 0 Å². The molecule has 0 radical (unpaired) electrons. The van der Waals surface area contributed by atoms with E-state index >= 15 is 0 Å². The summed E-state index contributed by atoms with van der Waals surface area (Å²) in [6.45, 7) is 1.27. The summed E-state index contributed by atoms with van der Waals surface area (Å²) < 4.78 is 26.9. The molecule has 0 saturated heterocycles. The van der Waals surface area contributed by atoms with Crippen LogP contribution >= 0.6 is 11.8 Å². The summed E-state index contributed by atoms with van der Waals surface area (Å²) in [6.07, 6.45) is -3.05. The fraction of sp³-hybridized carbons (Fsp3) is 0.333. The minimum Gasteiger partial charge on any atom is -0.477 e. The molecule has 0 aliphatic heterocycles. The first-order chi connectivity index (χ1) is 9.23. The van der Waals surface area contributed by atoms with Crippen LogP contribution in [0.2, 0.25) is 0 Å². The number of aliphatic hydroxyl groups excluding tert-OH is 2. The summed E-state index contributed by atoms with van der Waals surface area (Å²) in [7, 11) is 0. The van der Waals surface area contributed by atoms with Gasteiger partial charge >= 0.3 is 5.97 Å². The molecule has 0 aliphatic carbocycles. The fourth-order valence-corrected chi connectivity index (χ4v) is 2.07. The molecule has 0 heterocycles. The Bertz CT molecular complexity index is 512. The number of carboxylic acids is 1. The number of carbonyl (C=O) groups excluding carboxylic acids is 1. The van der Waals surface area contributed by atoms with Crippen LogP contribution in [0, 0.1) is 11.6 Å². The monoisotopic (exact) mass is 306 g/mol. The summed E-state index contributed by atoms with van der Waals surface area (Å²) in [6, 6.07) is 1.28. The Morgan fingerprint density at radius 1 is 1.25 bits per heavy atom. The molecule has 0 aromatic heterocycles. The largest absolute Gasteiger partial charge is 0.477 e. The topological polar surface area (TPSA) is 94.8 Å². The van der Waals surface area contributed by atoms with Gasteiger partial charge in [-0.15, -0.1) is 0 Å². The van der Waals surface area contributed by atoms with Crippen LogP contribution in [0.1, 0.15) is 28.9 Å². The second-order valence-corrected chi connectivity index (χ2v) is 5.18. The van der Waals surface area contributed by atoms with Gasteiger partial charge in [-0.25, -0.2) is 13.6 Å². The van der Waals surface area contributed by atoms with Gasteiger partial charge in [0, 0.05) is 12.7 Å². The van der Waals surface area contributed by atoms with Gasteiger partial charge in [-0.2, -0.15) is 0 Å². The van der Waals surface area contributed by atoms with Crippen LogP contribution in [0.4, 0.5) is 8.78 Å². The lowest BCUT2D eigenvalue weighted by atomic mass is 10.0. The molecule has 110 valence electrons. The smallest absolute Gasteiger partial charge is 0.341 e. The lowest BCUT2D eigenvalue weighted by Gasteiger charge is -2.18. The predicted octanol–water partition coefficient (Wildman–Crippen LogP) is 1.34. The minimum atomic E-state index is -1.77. The van der Waals surface area contributed by atoms with E-state index in [1.165, 1.54) is 6.92 Å². The summed E-state index contributed by atoms with van der Waals surface area (Å²) in [5, 5.41) is 27.6. The van der Waals surface area contributed by atoms with Crippen LogP contribution in [-0.2, 0) is 4.79 Å². The van der Waals surface area contributed by atoms with Gasteiger partial charge in [-0.05, 0) is 17.7 Å². The standard InChI is InChI=1S/C12H12F2O5S/c1-5(15)20-4-9(16)11(17)6-2-7(13)10(12(18)19)8(14)3-6/h2-3,9,11,16-17H,4H2,1H3,(H,18,19). The highest BCUT2D eigenvalue weighted by molar-refractivity contribution is 8.13. The van der Waals surface area contributed by atoms with Crippen LogP contribution in [0.3, 0.4) is 0 Å². The molecule has 1 aromatic rings. The van der Waals surface area contributed by atoms with Crippen LogP contribution in [-0.4, -0.2) is 38.3 Å². The van der Waals surface area contributed by atoms with Crippen molar-refractivity contribution in [3.8, 4) is 0 Å². The van der Waals surface area contributed by atoms with Gasteiger partial charge in [0.05, 0.1) is 6.10 Å². The molecule has 0 fully saturated rings. The minimum absolute atomic E-state index is 0.152. The third kappa shape index (κ3) is 3.99. The summed E-state index contributed by atoms with van der Waals surface area (Å²) in [5.74, 6) is -4.62. The Hall–Kier alpha value is -1.51. The van der Waals surface area contributed by atoms with Gasteiger partial charge < -0.3 is 15.3 Å². The first kappa shape index (κ1) is 16.5. The maximum Gasteiger partial charge on any atom is 0.341 e. The average molecular weight is 306 g/mol. The van der Waals surface area contributed by atoms with Crippen LogP contribution in [0.25, 0.3) is 0 Å². The molecule has 0 amide bonds. The molecule has 2 unspecified atom stereocenters. The van der Waals surface area contributed by atoms with Gasteiger partial charge in [0.2, 0.25) is 0 Å². The van der Waals surface area contributed by atoms with E-state index in [1.54, 1.807) is 0 Å². The quantitative estimate of drug-likeness (QED) is 0.760. The Balaban J connectivity index is 2.97. The summed E-state index contributed by atoms with van der Waals surface area (Å²) in [5.41, 5.74) is -1.43. The number of hydrogen-bond acceptors (Lipinski definition) is 5. The van der Waals surface area contributed by atoms with Gasteiger partial charge in [0.15, 0.2) is 5.12 Å². The predicted molar refractivity (Wildman–Crippen MR) is 67.4 cm³/mol. The molecule has 0 aliphatic rings. The van der Waals surface area contributed by atoms with Crippen molar-refractivity contribution < 1.29 is 33.7 Å². The van der Waals surface area contributed by atoms with Crippen molar-refractivity contribution in [3.63, 3.8) is 0 Å². The van der Waals surface area contributed by atoms with E-state index in [9.17, 15) is 28.6 Å². The first-order valence-electron chi connectivity index (χ1n) is 5.45. The normalized spacial score (nSPS) is 13.8. The number of carbonyl (C=O) groups is 2. The Kier molecular flexibility index (Phi) is 5.61. The Morgan fingerprint density at radius 3 is 2.15 bits per heavy atom. The van der Waals surface area contributed by atoms with Crippen molar-refractivity contribution in [2.75, 3.05) is 5.75 Å². The number of halogens is 2. The SMILES string of the molecule is CC(=O)SCC(O)C(O)c1cc(F)c(C(=O)O)c(F)c1. The number of aromatic carboxylic acids is 1. The van der Waals surface area contributed by atoms with E-state index in [0.717, 1.165) is 11.8 Å². The molecular weight excluding hydrogens is 294 g/mol. The molecule has 5 nitrogen and oxygen atoms in total. The number of aliphatic hydroxyl groups is 2. The zero-order valence-corrected chi connectivity index (χ0v) is 11.2. The van der Waals surface area contributed by atoms with E-state index in [4.69, 9.17) is 5.11 Å². The molecular formula is C12H12F2O5S. The lowest BCUT2D eigenvalue weighted by Crippen LogP contribution is -2.22. The molecule has 1 aromatic carbocycles. The second-order valence-electron chi connectivity index (χ2n) is 3.98. The molecule has 20 heavy (non-hydrogen) atoms. The molecule has 0 spiro atoms. The molecule has 1 rings (SSSR count). The van der Waals surface area contributed by atoms with Crippen molar-refractivity contribution in [3.05, 3.63) is 34.9 Å². The zero-order chi connectivity index (χ0) is 15.4. The number of thioether (sulfide) groups is 1. The zero-order valence-electron chi connectivity index (χ0n) is 10.3. The van der Waals surface area contributed by atoms with Crippen LogP contribution in [0.15, 0.2) is 12.1 Å². The van der Waals surface area contributed by atoms with Crippen molar-refractivity contribution >= 4 is 22.8 Å². The van der Waals surface area contributed by atoms with Crippen molar-refractivity contribution in [1.82, 2.24) is 0 Å². The van der Waals surface area contributed by atoms with Crippen LogP contribution < -0.4 is 0 Å². The fourth-order valence-electron chi connectivity index (χ4n) is 1.48. The van der Waals surface area contributed by atoms with Gasteiger partial charge in [0.25, 0.3) is 0 Å². The number of rotatable bonds is 5. The Labute approximate surface area is 117 Å². The molecule has 0 saturated carbocycles. The van der Waals surface area contributed by atoms with Gasteiger partial charge in [0.1, 0.15) is 23.3 Å². The van der Waals surface area contributed by atoms with E-state index in [2.05, 4.69) is 0 Å². The van der Waals surface area contributed by atoms with E-state index in [-0.39, 0.29) is 16.4 Å². The molecule has 0 bridgehead atoms. The van der Waals surface area contributed by atoms with Crippen molar-refractivity contribution in [1.29, 1.82) is 0 Å². The van der Waals surface area contributed by atoms with E-state index < -0.39 is 35.4 Å². The van der Waals surface area contributed by atoms with Gasteiger partial charge in [-0.3, -0.25) is 4.79 Å².